The maximum absolute atomic E-state index is 11.2. The molecule has 2 aromatic rings. The van der Waals surface area contributed by atoms with Crippen LogP contribution in [0.1, 0.15) is 34.0 Å². The highest BCUT2D eigenvalue weighted by atomic mass is 16.6. The van der Waals surface area contributed by atoms with Crippen molar-refractivity contribution in [1.29, 1.82) is 0 Å². The van der Waals surface area contributed by atoms with Crippen molar-refractivity contribution in [3.63, 3.8) is 0 Å². The van der Waals surface area contributed by atoms with E-state index in [1.165, 1.54) is 18.2 Å². The monoisotopic (exact) mass is 402 g/mol. The molecule has 1 unspecified atom stereocenters. The van der Waals surface area contributed by atoms with Gasteiger partial charge < -0.3 is 31.1 Å². The van der Waals surface area contributed by atoms with E-state index in [1.54, 1.807) is 18.2 Å². The summed E-state index contributed by atoms with van der Waals surface area (Å²) in [5.74, 6) is -4.53. The number of carbonyl (C=O) groups excluding carboxylic acids is 2. The van der Waals surface area contributed by atoms with E-state index in [9.17, 15) is 24.6 Å². The van der Waals surface area contributed by atoms with Gasteiger partial charge >= 0.3 is 11.9 Å². The molecule has 29 heavy (non-hydrogen) atoms. The van der Waals surface area contributed by atoms with Gasteiger partial charge in [0.25, 0.3) is 0 Å². The van der Waals surface area contributed by atoms with E-state index >= 15 is 0 Å². The lowest BCUT2D eigenvalue weighted by atomic mass is 10.1. The Morgan fingerprint density at radius 2 is 1.90 bits per heavy atom. The first-order valence-electron chi connectivity index (χ1n) is 8.83. The van der Waals surface area contributed by atoms with Crippen molar-refractivity contribution in [2.75, 3.05) is 13.1 Å². The van der Waals surface area contributed by atoms with Gasteiger partial charge in [0.2, 0.25) is 5.91 Å². The topological polar surface area (TPSA) is 159 Å². The number of phenols is 1. The van der Waals surface area contributed by atoms with Crippen LogP contribution in [0.3, 0.4) is 0 Å². The van der Waals surface area contributed by atoms with E-state index < -0.39 is 29.7 Å². The Bertz CT molecular complexity index is 898. The second-order valence-corrected chi connectivity index (χ2v) is 6.31. The third-order valence-electron chi connectivity index (χ3n) is 4.11. The highest BCUT2D eigenvalue weighted by molar-refractivity contribution is 6.29. The van der Waals surface area contributed by atoms with Crippen LogP contribution in [0, 0.1) is 0 Å². The summed E-state index contributed by atoms with van der Waals surface area (Å²) >= 11 is 0. The van der Waals surface area contributed by atoms with Gasteiger partial charge in [-0.1, -0.05) is 18.2 Å². The summed E-state index contributed by atoms with van der Waals surface area (Å²) in [4.78, 5) is 32.7. The average molecular weight is 402 g/mol. The summed E-state index contributed by atoms with van der Waals surface area (Å²) < 4.78 is 4.50. The number of aromatic hydroxyl groups is 1. The van der Waals surface area contributed by atoms with Crippen molar-refractivity contribution >= 4 is 17.8 Å². The van der Waals surface area contributed by atoms with Crippen molar-refractivity contribution in [2.24, 2.45) is 5.73 Å². The molecule has 0 aliphatic rings. The van der Waals surface area contributed by atoms with Crippen molar-refractivity contribution in [3.8, 4) is 11.5 Å². The molecule has 9 nitrogen and oxygen atoms in total. The molecule has 154 valence electrons. The molecule has 0 fully saturated rings. The molecule has 0 aliphatic heterocycles. The number of ether oxygens (including phenoxy) is 1. The smallest absolute Gasteiger partial charge is 0.422 e. The largest absolute Gasteiger partial charge is 0.504 e. The molecular weight excluding hydrogens is 380 g/mol. The Morgan fingerprint density at radius 3 is 2.55 bits per heavy atom. The van der Waals surface area contributed by atoms with Gasteiger partial charge in [0.05, 0.1) is 6.10 Å². The zero-order valence-corrected chi connectivity index (χ0v) is 15.5. The minimum atomic E-state index is -1.78. The van der Waals surface area contributed by atoms with Crippen LogP contribution in [0.4, 0.5) is 0 Å². The Labute approximate surface area is 166 Å². The number of aliphatic hydroxyl groups is 1. The summed E-state index contributed by atoms with van der Waals surface area (Å²) in [6.07, 6.45) is 0.571. The lowest BCUT2D eigenvalue weighted by Crippen LogP contribution is -2.23. The molecule has 1 amide bonds. The van der Waals surface area contributed by atoms with Crippen LogP contribution in [0.2, 0.25) is 0 Å². The molecule has 2 aromatic carbocycles. The molecule has 0 aliphatic carbocycles. The molecule has 0 spiro atoms. The number of nitrogens with two attached hydrogens (primary N) is 1. The first-order valence-corrected chi connectivity index (χ1v) is 8.83. The number of rotatable bonds is 9. The fourth-order valence-electron chi connectivity index (χ4n) is 2.63. The maximum atomic E-state index is 11.2. The number of hydrogen-bond donors (Lipinski definition) is 5. The average Bonchev–Trinajstić information content (AvgIpc) is 2.69. The van der Waals surface area contributed by atoms with Gasteiger partial charge in [-0.15, -0.1) is 0 Å². The summed E-state index contributed by atoms with van der Waals surface area (Å²) in [7, 11) is 0. The van der Waals surface area contributed by atoms with Gasteiger partial charge in [-0.3, -0.25) is 4.79 Å². The molecule has 2 rings (SSSR count). The first-order chi connectivity index (χ1) is 13.8. The number of primary amides is 1. The van der Waals surface area contributed by atoms with Gasteiger partial charge in [-0.05, 0) is 54.8 Å². The zero-order valence-electron chi connectivity index (χ0n) is 15.5. The van der Waals surface area contributed by atoms with Gasteiger partial charge in [0, 0.05) is 12.1 Å². The zero-order chi connectivity index (χ0) is 21.4. The molecule has 0 heterocycles. The number of phenolic OH excluding ortho intramolecular Hbond substituents is 1. The minimum Gasteiger partial charge on any atom is -0.504 e. The summed E-state index contributed by atoms with van der Waals surface area (Å²) in [5.41, 5.74) is 7.08. The molecule has 0 saturated heterocycles. The Hall–Kier alpha value is -3.43. The van der Waals surface area contributed by atoms with E-state index in [4.69, 9.17) is 10.8 Å². The molecule has 1 atom stereocenters. The van der Waals surface area contributed by atoms with E-state index in [2.05, 4.69) is 10.1 Å². The third-order valence-corrected chi connectivity index (χ3v) is 4.11. The number of aryl methyl sites for hydroxylation is 1. The standard InChI is InChI=1S/C20H22N2O7/c21-18(25)14-5-1-3-12(9-14)4-2-8-22-11-16(24)13-6-7-17(15(23)10-13)29-20(28)19(26)27/h1,3,5-7,9-10,16,22-24H,2,4,8,11H2,(H2,21,25)(H,26,27). The SMILES string of the molecule is NC(=O)c1cccc(CCCNCC(O)c2ccc(OC(=O)C(=O)O)c(O)c2)c1. The third kappa shape index (κ3) is 6.59. The normalized spacial score (nSPS) is 11.6. The van der Waals surface area contributed by atoms with Crippen LogP contribution in [0.5, 0.6) is 11.5 Å². The van der Waals surface area contributed by atoms with Crippen molar-refractivity contribution in [1.82, 2.24) is 5.32 Å². The van der Waals surface area contributed by atoms with Gasteiger partial charge in [0.1, 0.15) is 0 Å². The predicted octanol–water partition coefficient (Wildman–Crippen LogP) is 0.737. The number of carbonyl (C=O) groups is 3. The molecule has 0 aromatic heterocycles. The molecule has 6 N–H and O–H groups in total. The molecular formula is C20H22N2O7. The quantitative estimate of drug-likeness (QED) is 0.178. The number of carboxylic acids is 1. The van der Waals surface area contributed by atoms with Crippen LogP contribution >= 0.6 is 0 Å². The second-order valence-electron chi connectivity index (χ2n) is 6.31. The summed E-state index contributed by atoms with van der Waals surface area (Å²) in [6.45, 7) is 0.827. The Balaban J connectivity index is 1.79. The first kappa shape index (κ1) is 21.9. The number of aliphatic carboxylic acids is 1. The number of carboxylic acid groups (broad SMARTS) is 1. The van der Waals surface area contributed by atoms with E-state index in [-0.39, 0.29) is 12.3 Å². The molecule has 0 radical (unpaired) electrons. The molecule has 0 bridgehead atoms. The number of nitrogens with one attached hydrogen (secondary N) is 1. The Morgan fingerprint density at radius 1 is 1.14 bits per heavy atom. The van der Waals surface area contributed by atoms with Crippen LogP contribution in [0.15, 0.2) is 42.5 Å². The number of benzene rings is 2. The highest BCUT2D eigenvalue weighted by Crippen LogP contribution is 2.29. The summed E-state index contributed by atoms with van der Waals surface area (Å²) in [6, 6.07) is 10.9. The van der Waals surface area contributed by atoms with Gasteiger partial charge in [0.15, 0.2) is 11.5 Å². The van der Waals surface area contributed by atoms with E-state index in [1.807, 2.05) is 6.07 Å². The van der Waals surface area contributed by atoms with Crippen LogP contribution in [0.25, 0.3) is 0 Å². The maximum Gasteiger partial charge on any atom is 0.422 e. The highest BCUT2D eigenvalue weighted by Gasteiger charge is 2.17. The van der Waals surface area contributed by atoms with E-state index in [0.717, 1.165) is 18.4 Å². The number of esters is 1. The minimum absolute atomic E-state index is 0.217. The fourth-order valence-corrected chi connectivity index (χ4v) is 2.63. The van der Waals surface area contributed by atoms with Crippen LogP contribution in [-0.4, -0.2) is 46.3 Å². The van der Waals surface area contributed by atoms with Crippen LogP contribution < -0.4 is 15.8 Å². The number of aliphatic hydroxyl groups excluding tert-OH is 1. The van der Waals surface area contributed by atoms with E-state index in [0.29, 0.717) is 17.7 Å². The van der Waals surface area contributed by atoms with Crippen molar-refractivity contribution < 1.29 is 34.4 Å². The molecule has 0 saturated carbocycles. The second kappa shape index (κ2) is 10.2. The lowest BCUT2D eigenvalue weighted by molar-refractivity contribution is -0.158. The predicted molar refractivity (Wildman–Crippen MR) is 102 cm³/mol. The van der Waals surface area contributed by atoms with Crippen molar-refractivity contribution in [3.05, 3.63) is 59.2 Å². The lowest BCUT2D eigenvalue weighted by Gasteiger charge is -2.14. The molecule has 9 heteroatoms. The fraction of sp³-hybridized carbons (Fsp3) is 0.250. The summed E-state index contributed by atoms with van der Waals surface area (Å²) in [5, 5.41) is 31.6. The van der Waals surface area contributed by atoms with Gasteiger partial charge in [-0.2, -0.15) is 0 Å². The van der Waals surface area contributed by atoms with Gasteiger partial charge in [-0.25, -0.2) is 9.59 Å². The Kier molecular flexibility index (Phi) is 7.70. The van der Waals surface area contributed by atoms with Crippen LogP contribution in [-0.2, 0) is 16.0 Å². The number of amides is 1. The number of hydrogen-bond acceptors (Lipinski definition) is 7. The van der Waals surface area contributed by atoms with Crippen molar-refractivity contribution in [2.45, 2.75) is 18.9 Å².